The first-order chi connectivity index (χ1) is 8.56. The van der Waals surface area contributed by atoms with Gasteiger partial charge in [0, 0.05) is 6.04 Å². The van der Waals surface area contributed by atoms with Gasteiger partial charge in [0.15, 0.2) is 0 Å². The second-order valence-electron chi connectivity index (χ2n) is 4.43. The first-order valence-corrected chi connectivity index (χ1v) is 6.49. The van der Waals surface area contributed by atoms with E-state index in [0.717, 1.165) is 24.3 Å². The minimum atomic E-state index is 0.0173. The number of hydrogen-bond acceptors (Lipinski definition) is 4. The molecule has 2 N–H and O–H groups in total. The van der Waals surface area contributed by atoms with Gasteiger partial charge in [0.05, 0.1) is 18.8 Å². The summed E-state index contributed by atoms with van der Waals surface area (Å²) in [5.74, 6) is 1.47. The molecular formula is C13H23N3O2. The second kappa shape index (κ2) is 7.16. The van der Waals surface area contributed by atoms with Gasteiger partial charge in [-0.2, -0.15) is 0 Å². The Kier molecular flexibility index (Phi) is 5.85. The first-order valence-electron chi connectivity index (χ1n) is 6.49. The van der Waals surface area contributed by atoms with Crippen molar-refractivity contribution in [3.05, 3.63) is 17.3 Å². The van der Waals surface area contributed by atoms with E-state index < -0.39 is 0 Å². The summed E-state index contributed by atoms with van der Waals surface area (Å²) >= 11 is 0. The summed E-state index contributed by atoms with van der Waals surface area (Å²) < 4.78 is 5.41. The van der Waals surface area contributed by atoms with Gasteiger partial charge in [-0.15, -0.1) is 0 Å². The van der Waals surface area contributed by atoms with Crippen LogP contribution in [0.4, 0.5) is 0 Å². The van der Waals surface area contributed by atoms with Crippen LogP contribution in [0.2, 0.25) is 0 Å². The van der Waals surface area contributed by atoms with Gasteiger partial charge in [-0.05, 0) is 26.7 Å². The molecule has 1 aromatic heterocycles. The standard InChI is InChI=1S/C13H23N3O2/c1-5-11(6-2)16-12(17)7-14-8-13-15-9(3)10(4)18-13/h11,14H,5-8H2,1-4H3,(H,16,17). The van der Waals surface area contributed by atoms with E-state index in [2.05, 4.69) is 29.5 Å². The molecular weight excluding hydrogens is 230 g/mol. The van der Waals surface area contributed by atoms with E-state index >= 15 is 0 Å². The Morgan fingerprint density at radius 2 is 2.00 bits per heavy atom. The molecule has 0 aliphatic heterocycles. The molecule has 0 unspecified atom stereocenters. The van der Waals surface area contributed by atoms with Crippen LogP contribution < -0.4 is 10.6 Å². The molecule has 0 aromatic carbocycles. The molecule has 1 rings (SSSR count). The highest BCUT2D eigenvalue weighted by molar-refractivity contribution is 5.78. The van der Waals surface area contributed by atoms with Crippen LogP contribution in [0, 0.1) is 13.8 Å². The first kappa shape index (κ1) is 14.7. The highest BCUT2D eigenvalue weighted by atomic mass is 16.4. The SMILES string of the molecule is CCC(CC)NC(=O)CNCc1nc(C)c(C)o1. The third-order valence-electron chi connectivity index (χ3n) is 2.99. The number of aryl methyl sites for hydroxylation is 2. The molecule has 5 heteroatoms. The fourth-order valence-electron chi connectivity index (χ4n) is 1.67. The second-order valence-corrected chi connectivity index (χ2v) is 4.43. The lowest BCUT2D eigenvalue weighted by Gasteiger charge is -2.14. The Hall–Kier alpha value is -1.36. The van der Waals surface area contributed by atoms with Crippen molar-refractivity contribution >= 4 is 5.91 Å². The summed E-state index contributed by atoms with van der Waals surface area (Å²) in [7, 11) is 0. The smallest absolute Gasteiger partial charge is 0.234 e. The maximum absolute atomic E-state index is 11.6. The number of oxazole rings is 1. The number of hydrogen-bond donors (Lipinski definition) is 2. The van der Waals surface area contributed by atoms with E-state index in [1.54, 1.807) is 0 Å². The average Bonchev–Trinajstić information content (AvgIpc) is 2.65. The van der Waals surface area contributed by atoms with Crippen molar-refractivity contribution < 1.29 is 9.21 Å². The van der Waals surface area contributed by atoms with Crippen molar-refractivity contribution in [1.29, 1.82) is 0 Å². The van der Waals surface area contributed by atoms with Gasteiger partial charge in [0.2, 0.25) is 11.8 Å². The monoisotopic (exact) mass is 253 g/mol. The van der Waals surface area contributed by atoms with Gasteiger partial charge in [-0.1, -0.05) is 13.8 Å². The van der Waals surface area contributed by atoms with Crippen molar-refractivity contribution in [3.63, 3.8) is 0 Å². The third kappa shape index (κ3) is 4.49. The molecule has 0 saturated heterocycles. The lowest BCUT2D eigenvalue weighted by molar-refractivity contribution is -0.121. The van der Waals surface area contributed by atoms with Crippen molar-refractivity contribution in [2.75, 3.05) is 6.54 Å². The molecule has 5 nitrogen and oxygen atoms in total. The zero-order valence-electron chi connectivity index (χ0n) is 11.7. The van der Waals surface area contributed by atoms with Crippen LogP contribution in [0.3, 0.4) is 0 Å². The zero-order valence-corrected chi connectivity index (χ0v) is 11.7. The minimum absolute atomic E-state index is 0.0173. The highest BCUT2D eigenvalue weighted by Crippen LogP contribution is 2.07. The number of carbonyl (C=O) groups excluding carboxylic acids is 1. The van der Waals surface area contributed by atoms with Crippen molar-refractivity contribution in [3.8, 4) is 0 Å². The molecule has 102 valence electrons. The van der Waals surface area contributed by atoms with Crippen LogP contribution >= 0.6 is 0 Å². The van der Waals surface area contributed by atoms with E-state index in [1.807, 2.05) is 13.8 Å². The van der Waals surface area contributed by atoms with Crippen LogP contribution in [-0.4, -0.2) is 23.5 Å². The van der Waals surface area contributed by atoms with Crippen LogP contribution in [0.1, 0.15) is 44.0 Å². The molecule has 0 radical (unpaired) electrons. The Bertz CT molecular complexity index is 364. The normalized spacial score (nSPS) is 10.9. The summed E-state index contributed by atoms with van der Waals surface area (Å²) in [6.07, 6.45) is 1.92. The maximum atomic E-state index is 11.6. The topological polar surface area (TPSA) is 67.2 Å². The van der Waals surface area contributed by atoms with Crippen LogP contribution in [-0.2, 0) is 11.3 Å². The quantitative estimate of drug-likeness (QED) is 0.776. The largest absolute Gasteiger partial charge is 0.444 e. The molecule has 1 heterocycles. The zero-order chi connectivity index (χ0) is 13.5. The summed E-state index contributed by atoms with van der Waals surface area (Å²) in [5, 5.41) is 5.99. The van der Waals surface area contributed by atoms with Gasteiger partial charge in [0.1, 0.15) is 5.76 Å². The number of aromatic nitrogens is 1. The summed E-state index contributed by atoms with van der Waals surface area (Å²) in [6.45, 7) is 8.69. The molecule has 1 amide bonds. The third-order valence-corrected chi connectivity index (χ3v) is 2.99. The number of rotatable bonds is 7. The molecule has 1 aromatic rings. The maximum Gasteiger partial charge on any atom is 0.234 e. The van der Waals surface area contributed by atoms with Crippen molar-refractivity contribution in [2.45, 2.75) is 53.1 Å². The molecule has 0 aliphatic rings. The van der Waals surface area contributed by atoms with Gasteiger partial charge < -0.3 is 9.73 Å². The van der Waals surface area contributed by atoms with Crippen molar-refractivity contribution in [1.82, 2.24) is 15.6 Å². The molecule has 0 bridgehead atoms. The van der Waals surface area contributed by atoms with Crippen molar-refractivity contribution in [2.24, 2.45) is 0 Å². The lowest BCUT2D eigenvalue weighted by atomic mass is 10.2. The minimum Gasteiger partial charge on any atom is -0.444 e. The van der Waals surface area contributed by atoms with Gasteiger partial charge in [-0.3, -0.25) is 10.1 Å². The van der Waals surface area contributed by atoms with Gasteiger partial charge in [-0.25, -0.2) is 4.98 Å². The Morgan fingerprint density at radius 1 is 1.33 bits per heavy atom. The molecule has 0 saturated carbocycles. The predicted molar refractivity (Wildman–Crippen MR) is 70.2 cm³/mol. The summed E-state index contributed by atoms with van der Waals surface area (Å²) in [4.78, 5) is 15.8. The average molecular weight is 253 g/mol. The molecule has 0 aliphatic carbocycles. The fourth-order valence-corrected chi connectivity index (χ4v) is 1.67. The number of nitrogens with zero attached hydrogens (tertiary/aromatic N) is 1. The molecule has 0 atom stereocenters. The van der Waals surface area contributed by atoms with Gasteiger partial charge in [0.25, 0.3) is 0 Å². The van der Waals surface area contributed by atoms with Crippen LogP contribution in [0.25, 0.3) is 0 Å². The predicted octanol–water partition coefficient (Wildman–Crippen LogP) is 1.69. The fraction of sp³-hybridized carbons (Fsp3) is 0.692. The lowest BCUT2D eigenvalue weighted by Crippen LogP contribution is -2.39. The molecule has 18 heavy (non-hydrogen) atoms. The Morgan fingerprint density at radius 3 is 2.50 bits per heavy atom. The molecule has 0 spiro atoms. The van der Waals surface area contributed by atoms with Gasteiger partial charge >= 0.3 is 0 Å². The molecule has 0 fully saturated rings. The van der Waals surface area contributed by atoms with E-state index in [1.165, 1.54) is 0 Å². The van der Waals surface area contributed by atoms with E-state index in [0.29, 0.717) is 12.4 Å². The van der Waals surface area contributed by atoms with Crippen LogP contribution in [0.15, 0.2) is 4.42 Å². The number of nitrogens with one attached hydrogen (secondary N) is 2. The number of carbonyl (C=O) groups is 1. The Balaban J connectivity index is 2.27. The van der Waals surface area contributed by atoms with E-state index in [4.69, 9.17) is 4.42 Å². The van der Waals surface area contributed by atoms with E-state index in [-0.39, 0.29) is 18.5 Å². The Labute approximate surface area is 108 Å². The summed E-state index contributed by atoms with van der Waals surface area (Å²) in [6, 6.07) is 0.269. The number of amides is 1. The highest BCUT2D eigenvalue weighted by Gasteiger charge is 2.09. The van der Waals surface area contributed by atoms with Crippen LogP contribution in [0.5, 0.6) is 0 Å². The summed E-state index contributed by atoms with van der Waals surface area (Å²) in [5.41, 5.74) is 0.897. The van der Waals surface area contributed by atoms with E-state index in [9.17, 15) is 4.79 Å².